The van der Waals surface area contributed by atoms with Gasteiger partial charge in [-0.2, -0.15) is 0 Å². The van der Waals surface area contributed by atoms with Crippen LogP contribution in [0.15, 0.2) is 243 Å². The average Bonchev–Trinajstić information content (AvgIpc) is 3.69. The Morgan fingerprint density at radius 3 is 1.35 bits per heavy atom. The third-order valence-electron chi connectivity index (χ3n) is 12.6. The second-order valence-electron chi connectivity index (χ2n) is 16.1. The molecule has 290 valence electrons. The summed E-state index contributed by atoms with van der Waals surface area (Å²) in [6.07, 6.45) is 0. The van der Waals surface area contributed by atoms with E-state index in [1.54, 1.807) is 0 Å². The Hall–Kier alpha value is -8.20. The minimum absolute atomic E-state index is 1.09. The van der Waals surface area contributed by atoms with Gasteiger partial charge in [-0.1, -0.05) is 170 Å². The molecule has 1 aromatic heterocycles. The molecular formula is C60H40N2. The highest BCUT2D eigenvalue weighted by Gasteiger charge is 2.16. The molecule has 62 heavy (non-hydrogen) atoms. The number of rotatable bonds is 7. The van der Waals surface area contributed by atoms with Crippen molar-refractivity contribution in [1.82, 2.24) is 4.57 Å². The molecule has 0 spiro atoms. The van der Waals surface area contributed by atoms with E-state index in [1.165, 1.54) is 87.5 Å². The van der Waals surface area contributed by atoms with Gasteiger partial charge in [0, 0.05) is 33.5 Å². The topological polar surface area (TPSA) is 8.17 Å². The molecule has 0 atom stereocenters. The summed E-state index contributed by atoms with van der Waals surface area (Å²) in [5.41, 5.74) is 14.0. The lowest BCUT2D eigenvalue weighted by Gasteiger charge is -2.26. The molecule has 0 aliphatic carbocycles. The summed E-state index contributed by atoms with van der Waals surface area (Å²) in [6.45, 7) is 0. The molecule has 12 aromatic rings. The Labute approximate surface area is 360 Å². The van der Waals surface area contributed by atoms with Crippen molar-refractivity contribution in [1.29, 1.82) is 0 Å². The first-order valence-corrected chi connectivity index (χ1v) is 21.3. The van der Waals surface area contributed by atoms with Crippen LogP contribution in [-0.2, 0) is 0 Å². The molecule has 0 bridgehead atoms. The van der Waals surface area contributed by atoms with Crippen molar-refractivity contribution in [2.45, 2.75) is 0 Å². The molecule has 2 heteroatoms. The highest BCUT2D eigenvalue weighted by atomic mass is 15.1. The number of para-hydroxylation sites is 2. The van der Waals surface area contributed by atoms with Crippen LogP contribution >= 0.6 is 0 Å². The van der Waals surface area contributed by atoms with E-state index in [0.29, 0.717) is 0 Å². The molecule has 0 aliphatic heterocycles. The van der Waals surface area contributed by atoms with Crippen molar-refractivity contribution in [2.75, 3.05) is 4.90 Å². The van der Waals surface area contributed by atoms with Crippen molar-refractivity contribution >= 4 is 71.2 Å². The Bertz CT molecular complexity index is 3560. The standard InChI is InChI=1S/C60H40N2/c1-2-13-45-38-47(25-24-41(45)12-1)43-28-34-50(35-29-43)61(51-36-30-44(31-37-51)58-40-48-14-3-4-17-53(48)54-18-5-6-19-55(54)58)49-32-26-42(27-33-49)46-15-11-16-52(39-46)62-59-22-9-7-20-56(59)57-21-8-10-23-60(57)62/h1-40H. The number of hydrogen-bond donors (Lipinski definition) is 0. The lowest BCUT2D eigenvalue weighted by Crippen LogP contribution is -2.09. The highest BCUT2D eigenvalue weighted by Crippen LogP contribution is 2.41. The Morgan fingerprint density at radius 1 is 0.258 bits per heavy atom. The zero-order chi connectivity index (χ0) is 41.0. The predicted octanol–water partition coefficient (Wildman–Crippen LogP) is 16.7. The van der Waals surface area contributed by atoms with Gasteiger partial charge in [0.1, 0.15) is 0 Å². The maximum atomic E-state index is 2.39. The zero-order valence-corrected chi connectivity index (χ0v) is 34.0. The molecule has 0 unspecified atom stereocenters. The van der Waals surface area contributed by atoms with Crippen LogP contribution in [0.3, 0.4) is 0 Å². The Kier molecular flexibility index (Phi) is 8.53. The van der Waals surface area contributed by atoms with E-state index in [0.717, 1.165) is 22.7 Å². The summed E-state index contributed by atoms with van der Waals surface area (Å²) in [6, 6.07) is 88.4. The summed E-state index contributed by atoms with van der Waals surface area (Å²) >= 11 is 0. The zero-order valence-electron chi connectivity index (χ0n) is 34.0. The number of nitrogens with zero attached hydrogens (tertiary/aromatic N) is 2. The first-order chi connectivity index (χ1) is 30.7. The van der Waals surface area contributed by atoms with Crippen LogP contribution in [-0.4, -0.2) is 4.57 Å². The van der Waals surface area contributed by atoms with E-state index < -0.39 is 0 Å². The van der Waals surface area contributed by atoms with E-state index in [9.17, 15) is 0 Å². The van der Waals surface area contributed by atoms with Gasteiger partial charge in [-0.3, -0.25) is 0 Å². The molecule has 0 fully saturated rings. The summed E-state index contributed by atoms with van der Waals surface area (Å²) in [4.78, 5) is 2.37. The maximum absolute atomic E-state index is 2.39. The second kappa shape index (κ2) is 14.8. The molecule has 0 N–H and O–H groups in total. The van der Waals surface area contributed by atoms with Gasteiger partial charge in [-0.15, -0.1) is 0 Å². The Balaban J connectivity index is 0.934. The van der Waals surface area contributed by atoms with Crippen molar-refractivity contribution in [3.8, 4) is 39.1 Å². The van der Waals surface area contributed by atoms with Crippen LogP contribution in [0, 0.1) is 0 Å². The summed E-state index contributed by atoms with van der Waals surface area (Å²) < 4.78 is 2.39. The highest BCUT2D eigenvalue weighted by molar-refractivity contribution is 6.14. The third-order valence-corrected chi connectivity index (χ3v) is 12.6. The van der Waals surface area contributed by atoms with Gasteiger partial charge in [0.25, 0.3) is 0 Å². The van der Waals surface area contributed by atoms with Crippen molar-refractivity contribution in [2.24, 2.45) is 0 Å². The van der Waals surface area contributed by atoms with E-state index >= 15 is 0 Å². The number of aromatic nitrogens is 1. The van der Waals surface area contributed by atoms with Gasteiger partial charge in [-0.05, 0) is 138 Å². The molecule has 2 nitrogen and oxygen atoms in total. The fraction of sp³-hybridized carbons (Fsp3) is 0. The van der Waals surface area contributed by atoms with Gasteiger partial charge in [0.2, 0.25) is 0 Å². The Morgan fingerprint density at radius 2 is 0.726 bits per heavy atom. The monoisotopic (exact) mass is 788 g/mol. The lowest BCUT2D eigenvalue weighted by atomic mass is 9.93. The number of fused-ring (bicyclic) bond motifs is 7. The normalized spacial score (nSPS) is 11.5. The predicted molar refractivity (Wildman–Crippen MR) is 264 cm³/mol. The van der Waals surface area contributed by atoms with Crippen LogP contribution in [0.25, 0.3) is 93.2 Å². The first kappa shape index (κ1) is 35.7. The second-order valence-corrected chi connectivity index (χ2v) is 16.1. The first-order valence-electron chi connectivity index (χ1n) is 21.3. The minimum Gasteiger partial charge on any atom is -0.311 e. The molecule has 0 aliphatic rings. The smallest absolute Gasteiger partial charge is 0.0541 e. The molecule has 0 saturated heterocycles. The van der Waals surface area contributed by atoms with Crippen LogP contribution in [0.2, 0.25) is 0 Å². The summed E-state index contributed by atoms with van der Waals surface area (Å²) in [5.74, 6) is 0. The fourth-order valence-electron chi connectivity index (χ4n) is 9.53. The van der Waals surface area contributed by atoms with Crippen LogP contribution < -0.4 is 4.90 Å². The van der Waals surface area contributed by atoms with E-state index in [1.807, 2.05) is 0 Å². The average molecular weight is 789 g/mol. The molecule has 1 heterocycles. The van der Waals surface area contributed by atoms with E-state index in [-0.39, 0.29) is 0 Å². The SMILES string of the molecule is c1cc(-c2ccc(N(c3ccc(-c4ccc5ccccc5c4)cc3)c3ccc(-c4cc5ccccc5c5ccccc45)cc3)cc2)cc(-n2c3ccccc3c3ccccc32)c1. The fourth-order valence-corrected chi connectivity index (χ4v) is 9.53. The van der Waals surface area contributed by atoms with Crippen molar-refractivity contribution in [3.63, 3.8) is 0 Å². The summed E-state index contributed by atoms with van der Waals surface area (Å²) in [5, 5.41) is 10.1. The lowest BCUT2D eigenvalue weighted by molar-refractivity contribution is 1.18. The minimum atomic E-state index is 1.09. The third kappa shape index (κ3) is 6.12. The van der Waals surface area contributed by atoms with Gasteiger partial charge >= 0.3 is 0 Å². The largest absolute Gasteiger partial charge is 0.311 e. The van der Waals surface area contributed by atoms with E-state index in [2.05, 4.69) is 252 Å². The molecular weight excluding hydrogens is 749 g/mol. The van der Waals surface area contributed by atoms with Crippen LogP contribution in [0.4, 0.5) is 17.1 Å². The van der Waals surface area contributed by atoms with Gasteiger partial charge in [0.05, 0.1) is 11.0 Å². The number of anilines is 3. The van der Waals surface area contributed by atoms with E-state index in [4.69, 9.17) is 0 Å². The van der Waals surface area contributed by atoms with Gasteiger partial charge in [-0.25, -0.2) is 0 Å². The molecule has 0 amide bonds. The molecule has 12 rings (SSSR count). The van der Waals surface area contributed by atoms with Crippen molar-refractivity contribution in [3.05, 3.63) is 243 Å². The quantitative estimate of drug-likeness (QED) is 0.146. The van der Waals surface area contributed by atoms with Crippen molar-refractivity contribution < 1.29 is 0 Å². The summed E-state index contributed by atoms with van der Waals surface area (Å²) in [7, 11) is 0. The van der Waals surface area contributed by atoms with Crippen LogP contribution in [0.5, 0.6) is 0 Å². The van der Waals surface area contributed by atoms with Gasteiger partial charge in [0.15, 0.2) is 0 Å². The number of hydrogen-bond acceptors (Lipinski definition) is 1. The molecule has 11 aromatic carbocycles. The maximum Gasteiger partial charge on any atom is 0.0541 e. The van der Waals surface area contributed by atoms with Crippen LogP contribution in [0.1, 0.15) is 0 Å². The van der Waals surface area contributed by atoms with Gasteiger partial charge < -0.3 is 9.47 Å². The molecule has 0 radical (unpaired) electrons. The molecule has 0 saturated carbocycles. The number of benzene rings is 11.